The van der Waals surface area contributed by atoms with Crippen LogP contribution in [0.4, 0.5) is 10.3 Å². The summed E-state index contributed by atoms with van der Waals surface area (Å²) in [6.45, 7) is 17.8. The van der Waals surface area contributed by atoms with Gasteiger partial charge in [-0.15, -0.1) is 0 Å². The van der Waals surface area contributed by atoms with Gasteiger partial charge in [-0.1, -0.05) is 65.8 Å². The van der Waals surface area contributed by atoms with Crippen LogP contribution in [0.2, 0.25) is 0 Å². The second-order valence-corrected chi connectivity index (χ2v) is 23.2. The number of ketones is 1. The van der Waals surface area contributed by atoms with Crippen LogP contribution in [0.1, 0.15) is 119 Å². The number of halogens is 1. The molecule has 4 heterocycles. The van der Waals surface area contributed by atoms with Crippen LogP contribution in [0, 0.1) is 35.0 Å². The number of hydrazine groups is 1. The topological polar surface area (TPSA) is 256 Å². The Morgan fingerprint density at radius 3 is 2.13 bits per heavy atom. The lowest BCUT2D eigenvalue weighted by atomic mass is 9.67. The fraction of sp³-hybridized carbons (Fsp3) is 0.754. The van der Waals surface area contributed by atoms with E-state index in [0.29, 0.717) is 31.5 Å². The minimum atomic E-state index is -1.23. The number of nitrogens with zero attached hydrogens (tertiary/aromatic N) is 4. The highest BCUT2D eigenvalue weighted by Crippen LogP contribution is 2.46. The number of aromatic nitrogens is 2. The highest BCUT2D eigenvalue weighted by atomic mass is 19.1. The molecule has 18 atom stereocenters. The van der Waals surface area contributed by atoms with Gasteiger partial charge in [0.15, 0.2) is 6.29 Å². The van der Waals surface area contributed by atoms with Gasteiger partial charge in [-0.05, 0) is 64.6 Å². The predicted octanol–water partition coefficient (Wildman–Crippen LogP) is 5.75. The summed E-state index contributed by atoms with van der Waals surface area (Å²) < 4.78 is 60.4. The molecule has 0 saturated carbocycles. The largest absolute Gasteiger partial charge is 0.461 e. The number of aliphatic hydroxyl groups is 3. The molecule has 3 fully saturated rings. The molecule has 0 spiro atoms. The van der Waals surface area contributed by atoms with Crippen LogP contribution in [0.25, 0.3) is 11.1 Å². The van der Waals surface area contributed by atoms with Gasteiger partial charge in [-0.25, -0.2) is 19.8 Å². The molecule has 3 saturated heterocycles. The Hall–Kier alpha value is -3.93. The van der Waals surface area contributed by atoms with E-state index in [0.717, 1.165) is 16.7 Å². The first-order valence-electron chi connectivity index (χ1n) is 27.4. The number of rotatable bonds is 19. The summed E-state index contributed by atoms with van der Waals surface area (Å²) >= 11 is 0. The Kier molecular flexibility index (Phi) is 22.8. The minimum absolute atomic E-state index is 0.0374. The molecule has 436 valence electrons. The number of hydrogen-bond donors (Lipinski definition) is 6. The van der Waals surface area contributed by atoms with Crippen molar-refractivity contribution < 1.29 is 62.5 Å². The average Bonchev–Trinajstić information content (AvgIpc) is 3.40. The number of carbonyl (C=O) groups is 2. The van der Waals surface area contributed by atoms with E-state index in [9.17, 15) is 24.9 Å². The van der Waals surface area contributed by atoms with Gasteiger partial charge in [0, 0.05) is 126 Å². The summed E-state index contributed by atoms with van der Waals surface area (Å²) in [4.78, 5) is 39.6. The number of alkyl halides is 1. The van der Waals surface area contributed by atoms with Crippen molar-refractivity contribution in [3.63, 3.8) is 0 Å². The molecule has 1 aromatic heterocycles. The first-order chi connectivity index (χ1) is 36.2. The van der Waals surface area contributed by atoms with Gasteiger partial charge in [0.25, 0.3) is 0 Å². The van der Waals surface area contributed by atoms with Crippen LogP contribution < -0.4 is 16.9 Å². The maximum atomic E-state index is 15.1. The molecule has 20 heteroatoms. The number of carbonyl (C=O) groups excluding carboxylic acids is 2. The van der Waals surface area contributed by atoms with Crippen molar-refractivity contribution in [3.8, 4) is 11.1 Å². The molecule has 0 aliphatic carbocycles. The fourth-order valence-electron chi connectivity index (χ4n) is 12.5. The van der Waals surface area contributed by atoms with E-state index in [1.54, 1.807) is 86.6 Å². The summed E-state index contributed by atoms with van der Waals surface area (Å²) in [5.74, 6) is -4.14. The highest BCUT2D eigenvalue weighted by Gasteiger charge is 2.55. The molecule has 8 N–H and O–H groups in total. The Balaban J connectivity index is 1.43. The lowest BCUT2D eigenvalue weighted by molar-refractivity contribution is -0.278. The van der Waals surface area contributed by atoms with E-state index in [1.807, 2.05) is 65.9 Å². The number of methoxy groups -OCH3 is 3. The molecule has 2 aromatic rings. The third-order valence-electron chi connectivity index (χ3n) is 17.5. The zero-order chi connectivity index (χ0) is 57.3. The number of nitrogen functional groups attached to an aromatic ring is 1. The average molecular weight is 1090 g/mol. The van der Waals surface area contributed by atoms with Crippen LogP contribution >= 0.6 is 0 Å². The number of aliphatic hydroxyl groups excluding tert-OH is 3. The standard InChI is InChI=1S/C57H94FN7O12/c1-32-26-57(10,73-15)52(34(3)47(44-27-56(9,72-14)51(69)37(6)75-44)35(4)53(70)76-45(21-23-66)55(7,8)50(68)36(5)48(32)67)77-46-25-42(24-33(2)74-46)64(12)22-20-41(59)31-65(61-11)43(28-58)49(71-13)39-18-16-38(17-19-39)40-29-62-54(60)63-30-40/h16-19,29-37,42-47,49-52,61,66,68-69H,20-28,59H2,1-15H3,(H2,60,62,63)/b41-31-/t32-,33-,34+,35-,36+,37+,42+,43-,44?,45-,46+,47?,49-,50-,51+,52-,56-,57-/m1/s1. The number of ether oxygens (including phenoxy) is 7. The molecular weight excluding hydrogens is 994 g/mol. The van der Waals surface area contributed by atoms with E-state index in [4.69, 9.17) is 44.6 Å². The molecule has 2 unspecified atom stereocenters. The second-order valence-electron chi connectivity index (χ2n) is 23.2. The molecule has 77 heavy (non-hydrogen) atoms. The number of cyclic esters (lactones) is 1. The molecule has 5 rings (SSSR count). The van der Waals surface area contributed by atoms with Gasteiger partial charge in [0.1, 0.15) is 36.8 Å². The van der Waals surface area contributed by atoms with Crippen molar-refractivity contribution >= 4 is 17.7 Å². The Morgan fingerprint density at radius 2 is 1.56 bits per heavy atom. The van der Waals surface area contributed by atoms with Crippen LogP contribution in [0.15, 0.2) is 48.6 Å². The third-order valence-corrected chi connectivity index (χ3v) is 17.5. The molecular formula is C57H94FN7O12. The zero-order valence-corrected chi connectivity index (χ0v) is 48.5. The maximum Gasteiger partial charge on any atom is 0.309 e. The molecule has 3 aliphatic rings. The fourth-order valence-corrected chi connectivity index (χ4v) is 12.5. The normalized spacial score (nSPS) is 35.7. The van der Waals surface area contributed by atoms with E-state index in [2.05, 4.69) is 20.3 Å². The lowest BCUT2D eigenvalue weighted by Crippen LogP contribution is -2.61. The first kappa shape index (κ1) is 63.9. The second kappa shape index (κ2) is 27.5. The van der Waals surface area contributed by atoms with Gasteiger partial charge >= 0.3 is 5.97 Å². The monoisotopic (exact) mass is 1090 g/mol. The Bertz CT molecular complexity index is 2210. The van der Waals surface area contributed by atoms with Crippen molar-refractivity contribution in [2.75, 3.05) is 61.0 Å². The number of esters is 1. The number of anilines is 1. The SMILES string of the molecule is CNN(/C=C(\N)CCN(C)[C@@H]1C[C@H](O[C@@H]2[C@@H](C)C(C3C[C@@](C)(OC)[C@@H](O)[C@H](C)O3)[C@@H](C)C(=O)O[C@H](CCO)C(C)(C)[C@H](O)[C@@H](C)C(=O)[C@H](C)C[C@@]2(C)OC)O[C@H](C)C1)[C@H](CF)[C@H](OC)c1ccc(-c2cnc(N)nc2)cc1. The van der Waals surface area contributed by atoms with E-state index >= 15 is 4.39 Å². The number of hydrogen-bond acceptors (Lipinski definition) is 19. The van der Waals surface area contributed by atoms with Crippen LogP contribution in [0.3, 0.4) is 0 Å². The van der Waals surface area contributed by atoms with Gasteiger partial charge in [-0.3, -0.25) is 9.59 Å². The van der Waals surface area contributed by atoms with Crippen LogP contribution in [0.5, 0.6) is 0 Å². The van der Waals surface area contributed by atoms with Crippen molar-refractivity contribution in [1.29, 1.82) is 0 Å². The number of Topliss-reactive ketones (excluding diaryl/α,β-unsaturated/α-hetero) is 1. The molecule has 19 nitrogen and oxygen atoms in total. The maximum absolute atomic E-state index is 15.1. The van der Waals surface area contributed by atoms with Crippen LogP contribution in [-0.2, 0) is 42.7 Å². The van der Waals surface area contributed by atoms with E-state index in [1.165, 1.54) is 0 Å². The van der Waals surface area contributed by atoms with Crippen molar-refractivity contribution in [2.45, 2.75) is 186 Å². The molecule has 0 bridgehead atoms. The minimum Gasteiger partial charge on any atom is -0.461 e. The summed E-state index contributed by atoms with van der Waals surface area (Å²) in [6.07, 6.45) is 0.0331. The summed E-state index contributed by atoms with van der Waals surface area (Å²) in [5, 5.41) is 35.2. The van der Waals surface area contributed by atoms with Crippen molar-refractivity contribution in [3.05, 3.63) is 54.1 Å². The van der Waals surface area contributed by atoms with Gasteiger partial charge in [-0.2, -0.15) is 0 Å². The molecule has 1 aromatic carbocycles. The summed E-state index contributed by atoms with van der Waals surface area (Å²) in [7, 11) is 8.41. The van der Waals surface area contributed by atoms with E-state index < -0.39 is 114 Å². The number of benzene rings is 1. The molecule has 3 aliphatic heterocycles. The van der Waals surface area contributed by atoms with Crippen LogP contribution in [-0.4, -0.2) is 175 Å². The summed E-state index contributed by atoms with van der Waals surface area (Å²) in [5.41, 5.74) is 15.1. The Labute approximate surface area is 457 Å². The highest BCUT2D eigenvalue weighted by molar-refractivity contribution is 5.83. The van der Waals surface area contributed by atoms with Gasteiger partial charge in [0.2, 0.25) is 5.95 Å². The summed E-state index contributed by atoms with van der Waals surface area (Å²) in [6, 6.07) is 6.78. The molecule has 0 amide bonds. The third kappa shape index (κ3) is 14.9. The quantitative estimate of drug-likeness (QED) is 0.0723. The Morgan fingerprint density at radius 1 is 0.922 bits per heavy atom. The van der Waals surface area contributed by atoms with E-state index in [-0.39, 0.29) is 49.7 Å². The lowest BCUT2D eigenvalue weighted by Gasteiger charge is -2.52. The van der Waals surface area contributed by atoms with Crippen molar-refractivity contribution in [2.24, 2.45) is 40.7 Å². The smallest absolute Gasteiger partial charge is 0.309 e. The zero-order valence-electron chi connectivity index (χ0n) is 48.5. The van der Waals surface area contributed by atoms with Crippen molar-refractivity contribution in [1.82, 2.24) is 25.3 Å². The predicted molar refractivity (Wildman–Crippen MR) is 291 cm³/mol. The van der Waals surface area contributed by atoms with Gasteiger partial charge in [0.05, 0.1) is 47.6 Å². The first-order valence-corrected chi connectivity index (χ1v) is 27.4. The number of nitrogens with two attached hydrogens (primary N) is 2. The molecule has 0 radical (unpaired) electrons. The number of nitrogens with one attached hydrogen (secondary N) is 1. The van der Waals surface area contributed by atoms with Gasteiger partial charge < -0.3 is 69.9 Å².